The summed E-state index contributed by atoms with van der Waals surface area (Å²) in [6.45, 7) is 3.49. The van der Waals surface area contributed by atoms with E-state index in [9.17, 15) is 9.59 Å². The van der Waals surface area contributed by atoms with Gasteiger partial charge in [0.2, 0.25) is 5.91 Å². The Bertz CT molecular complexity index is 539. The van der Waals surface area contributed by atoms with E-state index in [0.29, 0.717) is 16.7 Å². The van der Waals surface area contributed by atoms with Crippen LogP contribution in [0.2, 0.25) is 0 Å². The van der Waals surface area contributed by atoms with E-state index < -0.39 is 11.4 Å². The molecule has 2 rings (SSSR count). The van der Waals surface area contributed by atoms with E-state index in [0.717, 1.165) is 19.4 Å². The summed E-state index contributed by atoms with van der Waals surface area (Å²) in [5, 5.41) is 15.1. The average molecular weight is 341 g/mol. The van der Waals surface area contributed by atoms with Crippen molar-refractivity contribution in [2.24, 2.45) is 5.41 Å². The fourth-order valence-corrected chi connectivity index (χ4v) is 2.94. The van der Waals surface area contributed by atoms with Crippen molar-refractivity contribution in [3.8, 4) is 0 Å². The fourth-order valence-electron chi connectivity index (χ4n) is 2.45. The first-order valence-electron chi connectivity index (χ1n) is 6.53. The molecule has 3 N–H and O–H groups in total. The maximum Gasteiger partial charge on any atom is 0.335 e. The third kappa shape index (κ3) is 3.02. The summed E-state index contributed by atoms with van der Waals surface area (Å²) in [5.74, 6) is -1.08. The maximum atomic E-state index is 12.4. The number of carbonyl (C=O) groups is 2. The Hall–Kier alpha value is -1.40. The second kappa shape index (κ2) is 5.93. The Morgan fingerprint density at radius 2 is 2.20 bits per heavy atom. The van der Waals surface area contributed by atoms with E-state index in [1.807, 2.05) is 6.92 Å². The Morgan fingerprint density at radius 3 is 2.75 bits per heavy atom. The fraction of sp³-hybridized carbons (Fsp3) is 0.429. The van der Waals surface area contributed by atoms with Gasteiger partial charge in [-0.3, -0.25) is 4.79 Å². The summed E-state index contributed by atoms with van der Waals surface area (Å²) in [6.07, 6.45) is 1.56. The lowest BCUT2D eigenvalue weighted by molar-refractivity contribution is -0.124. The SMILES string of the molecule is CCC1(C(=O)Nc2cc(Br)cc(C(=O)O)c2)CCNC1. The van der Waals surface area contributed by atoms with E-state index in [1.54, 1.807) is 6.07 Å². The molecule has 0 bridgehead atoms. The van der Waals surface area contributed by atoms with Crippen LogP contribution in [-0.2, 0) is 4.79 Å². The zero-order chi connectivity index (χ0) is 14.8. The van der Waals surface area contributed by atoms with Crippen molar-refractivity contribution < 1.29 is 14.7 Å². The Balaban J connectivity index is 2.21. The van der Waals surface area contributed by atoms with Gasteiger partial charge in [0, 0.05) is 16.7 Å². The first-order valence-corrected chi connectivity index (χ1v) is 7.32. The lowest BCUT2D eigenvalue weighted by atomic mass is 9.83. The number of amides is 1. The van der Waals surface area contributed by atoms with Gasteiger partial charge in [0.25, 0.3) is 0 Å². The van der Waals surface area contributed by atoms with Crippen LogP contribution in [0.1, 0.15) is 30.1 Å². The number of anilines is 1. The molecule has 1 aromatic rings. The molecular weight excluding hydrogens is 324 g/mol. The molecule has 0 radical (unpaired) electrons. The van der Waals surface area contributed by atoms with Gasteiger partial charge in [-0.1, -0.05) is 22.9 Å². The normalized spacial score (nSPS) is 21.7. The van der Waals surface area contributed by atoms with Crippen molar-refractivity contribution >= 4 is 33.5 Å². The minimum Gasteiger partial charge on any atom is -0.478 e. The van der Waals surface area contributed by atoms with Gasteiger partial charge in [-0.15, -0.1) is 0 Å². The highest BCUT2D eigenvalue weighted by Gasteiger charge is 2.39. The van der Waals surface area contributed by atoms with Crippen LogP contribution in [0.25, 0.3) is 0 Å². The molecule has 1 unspecified atom stereocenters. The second-order valence-corrected chi connectivity index (χ2v) is 5.96. The molecule has 1 aliphatic heterocycles. The van der Waals surface area contributed by atoms with Gasteiger partial charge < -0.3 is 15.7 Å². The van der Waals surface area contributed by atoms with Crippen molar-refractivity contribution in [1.82, 2.24) is 5.32 Å². The van der Waals surface area contributed by atoms with Gasteiger partial charge in [0.1, 0.15) is 0 Å². The number of carboxylic acids is 1. The molecule has 1 aliphatic rings. The first-order chi connectivity index (χ1) is 9.47. The number of nitrogens with one attached hydrogen (secondary N) is 2. The average Bonchev–Trinajstić information content (AvgIpc) is 2.88. The lowest BCUT2D eigenvalue weighted by Crippen LogP contribution is -2.37. The van der Waals surface area contributed by atoms with Gasteiger partial charge in [-0.2, -0.15) is 0 Å². The molecule has 1 amide bonds. The number of carboxylic acid groups (broad SMARTS) is 1. The molecule has 1 atom stereocenters. The number of aromatic carboxylic acids is 1. The van der Waals surface area contributed by atoms with Gasteiger partial charge in [0.05, 0.1) is 11.0 Å². The molecule has 0 saturated carbocycles. The van der Waals surface area contributed by atoms with Gasteiger partial charge >= 0.3 is 5.97 Å². The largest absolute Gasteiger partial charge is 0.478 e. The number of benzene rings is 1. The molecule has 0 aliphatic carbocycles. The first kappa shape index (κ1) is 15.0. The maximum absolute atomic E-state index is 12.4. The Labute approximate surface area is 125 Å². The van der Waals surface area contributed by atoms with Crippen LogP contribution in [0.5, 0.6) is 0 Å². The van der Waals surface area contributed by atoms with Crippen molar-refractivity contribution in [3.63, 3.8) is 0 Å². The molecule has 1 fully saturated rings. The number of halogens is 1. The van der Waals surface area contributed by atoms with Crippen molar-refractivity contribution in [3.05, 3.63) is 28.2 Å². The van der Waals surface area contributed by atoms with Crippen LogP contribution in [0.4, 0.5) is 5.69 Å². The third-order valence-electron chi connectivity index (χ3n) is 3.80. The Kier molecular flexibility index (Phi) is 4.45. The lowest BCUT2D eigenvalue weighted by Gasteiger charge is -2.25. The summed E-state index contributed by atoms with van der Waals surface area (Å²) in [6, 6.07) is 4.68. The highest BCUT2D eigenvalue weighted by Crippen LogP contribution is 2.31. The number of rotatable bonds is 4. The van der Waals surface area contributed by atoms with E-state index in [4.69, 9.17) is 5.11 Å². The van der Waals surface area contributed by atoms with Crippen LogP contribution in [-0.4, -0.2) is 30.1 Å². The highest BCUT2D eigenvalue weighted by molar-refractivity contribution is 9.10. The summed E-state index contributed by atoms with van der Waals surface area (Å²) < 4.78 is 0.628. The molecule has 0 aromatic heterocycles. The molecule has 0 spiro atoms. The summed E-state index contributed by atoms with van der Waals surface area (Å²) in [7, 11) is 0. The zero-order valence-electron chi connectivity index (χ0n) is 11.2. The number of carbonyl (C=O) groups excluding carboxylic acids is 1. The number of hydrogen-bond donors (Lipinski definition) is 3. The van der Waals surface area contributed by atoms with Gasteiger partial charge in [-0.25, -0.2) is 4.79 Å². The molecule has 1 heterocycles. The van der Waals surface area contributed by atoms with E-state index in [2.05, 4.69) is 26.6 Å². The van der Waals surface area contributed by atoms with Gasteiger partial charge in [0.15, 0.2) is 0 Å². The highest BCUT2D eigenvalue weighted by atomic mass is 79.9. The molecular formula is C14H17BrN2O3. The van der Waals surface area contributed by atoms with E-state index in [-0.39, 0.29) is 11.5 Å². The van der Waals surface area contributed by atoms with E-state index in [1.165, 1.54) is 12.1 Å². The van der Waals surface area contributed by atoms with Crippen LogP contribution in [0.15, 0.2) is 22.7 Å². The molecule has 1 saturated heterocycles. The monoisotopic (exact) mass is 340 g/mol. The molecule has 1 aromatic carbocycles. The minimum absolute atomic E-state index is 0.0561. The molecule has 20 heavy (non-hydrogen) atoms. The van der Waals surface area contributed by atoms with E-state index >= 15 is 0 Å². The van der Waals surface area contributed by atoms with Crippen LogP contribution in [0.3, 0.4) is 0 Å². The van der Waals surface area contributed by atoms with Crippen molar-refractivity contribution in [2.75, 3.05) is 18.4 Å². The predicted octanol–water partition coefficient (Wildman–Crippen LogP) is 2.48. The van der Waals surface area contributed by atoms with Crippen LogP contribution >= 0.6 is 15.9 Å². The van der Waals surface area contributed by atoms with Gasteiger partial charge in [-0.05, 0) is 37.6 Å². The summed E-state index contributed by atoms with van der Waals surface area (Å²) >= 11 is 3.26. The molecule has 108 valence electrons. The number of hydrogen-bond acceptors (Lipinski definition) is 3. The quantitative estimate of drug-likeness (QED) is 0.786. The van der Waals surface area contributed by atoms with Crippen LogP contribution in [0, 0.1) is 5.41 Å². The second-order valence-electron chi connectivity index (χ2n) is 5.05. The standard InChI is InChI=1S/C14H17BrN2O3/c1-2-14(3-4-16-8-14)13(20)17-11-6-9(12(18)19)5-10(15)7-11/h5-7,16H,2-4,8H2,1H3,(H,17,20)(H,18,19). The smallest absolute Gasteiger partial charge is 0.335 e. The molecule has 6 heteroatoms. The summed E-state index contributed by atoms with van der Waals surface area (Å²) in [4.78, 5) is 23.5. The third-order valence-corrected chi connectivity index (χ3v) is 4.26. The minimum atomic E-state index is -1.02. The van der Waals surface area contributed by atoms with Crippen molar-refractivity contribution in [2.45, 2.75) is 19.8 Å². The Morgan fingerprint density at radius 1 is 1.45 bits per heavy atom. The van der Waals surface area contributed by atoms with Crippen LogP contribution < -0.4 is 10.6 Å². The predicted molar refractivity (Wildman–Crippen MR) is 79.9 cm³/mol. The molecule has 5 nitrogen and oxygen atoms in total. The van der Waals surface area contributed by atoms with Crippen molar-refractivity contribution in [1.29, 1.82) is 0 Å². The zero-order valence-corrected chi connectivity index (χ0v) is 12.8. The summed E-state index contributed by atoms with van der Waals surface area (Å²) in [5.41, 5.74) is 0.248. The topological polar surface area (TPSA) is 78.4 Å².